The fraction of sp³-hybridized carbons (Fsp3) is 1.00. The molecule has 66 valence electrons. The molecule has 11 heavy (non-hydrogen) atoms. The van der Waals surface area contributed by atoms with E-state index in [-0.39, 0.29) is 12.6 Å². The quantitative estimate of drug-likeness (QED) is 0.644. The van der Waals surface area contributed by atoms with Gasteiger partial charge in [0.25, 0.3) is 0 Å². The summed E-state index contributed by atoms with van der Waals surface area (Å²) in [6.07, 6.45) is 2.57. The van der Waals surface area contributed by atoms with Gasteiger partial charge in [-0.1, -0.05) is 13.8 Å². The molecule has 0 aromatic heterocycles. The van der Waals surface area contributed by atoms with Crippen molar-refractivity contribution in [2.45, 2.75) is 45.7 Å². The van der Waals surface area contributed by atoms with Crippen LogP contribution < -0.4 is 5.32 Å². The summed E-state index contributed by atoms with van der Waals surface area (Å²) in [6, 6.07) is 0.865. The number of aliphatic hydroxyl groups excluding tert-OH is 1. The van der Waals surface area contributed by atoms with Crippen LogP contribution in [0.3, 0.4) is 0 Å². The molecule has 0 heterocycles. The maximum absolute atomic E-state index is 8.81. The molecule has 0 aliphatic heterocycles. The molecule has 1 fully saturated rings. The number of hydrogen-bond acceptors (Lipinski definition) is 2. The van der Waals surface area contributed by atoms with Crippen molar-refractivity contribution in [2.24, 2.45) is 5.41 Å². The zero-order valence-electron chi connectivity index (χ0n) is 7.72. The molecule has 2 atom stereocenters. The van der Waals surface area contributed by atoms with Crippen LogP contribution in [0.15, 0.2) is 0 Å². The van der Waals surface area contributed by atoms with Crippen LogP contribution in [0.25, 0.3) is 0 Å². The number of nitrogens with one attached hydrogen (secondary N) is 1. The minimum absolute atomic E-state index is 0.243. The summed E-state index contributed by atoms with van der Waals surface area (Å²) < 4.78 is 0. The largest absolute Gasteiger partial charge is 0.395 e. The van der Waals surface area contributed by atoms with Crippen LogP contribution in [-0.2, 0) is 0 Å². The third-order valence-electron chi connectivity index (χ3n) is 2.78. The highest BCUT2D eigenvalue weighted by atomic mass is 16.3. The van der Waals surface area contributed by atoms with Crippen molar-refractivity contribution >= 4 is 0 Å². The SMILES string of the molecule is C[C@H](CO)NC1CCC1(C)C. The van der Waals surface area contributed by atoms with Crippen LogP contribution in [0.4, 0.5) is 0 Å². The lowest BCUT2D eigenvalue weighted by Crippen LogP contribution is -2.53. The van der Waals surface area contributed by atoms with E-state index in [1.807, 2.05) is 6.92 Å². The molecule has 0 bridgehead atoms. The number of hydrogen-bond donors (Lipinski definition) is 2. The van der Waals surface area contributed by atoms with Crippen LogP contribution in [0, 0.1) is 5.41 Å². The summed E-state index contributed by atoms with van der Waals surface area (Å²) in [4.78, 5) is 0. The van der Waals surface area contributed by atoms with Gasteiger partial charge >= 0.3 is 0 Å². The van der Waals surface area contributed by atoms with Crippen LogP contribution in [0.2, 0.25) is 0 Å². The fourth-order valence-electron chi connectivity index (χ4n) is 1.57. The Kier molecular flexibility index (Phi) is 2.55. The van der Waals surface area contributed by atoms with E-state index in [1.165, 1.54) is 12.8 Å². The van der Waals surface area contributed by atoms with Gasteiger partial charge in [-0.05, 0) is 25.2 Å². The van der Waals surface area contributed by atoms with Crippen LogP contribution in [0.1, 0.15) is 33.6 Å². The lowest BCUT2D eigenvalue weighted by atomic mass is 9.67. The molecule has 0 saturated heterocycles. The second-order valence-corrected chi connectivity index (χ2v) is 4.33. The first-order valence-corrected chi connectivity index (χ1v) is 4.43. The monoisotopic (exact) mass is 157 g/mol. The van der Waals surface area contributed by atoms with E-state index in [0.717, 1.165) is 0 Å². The molecule has 0 amide bonds. The van der Waals surface area contributed by atoms with Crippen LogP contribution >= 0.6 is 0 Å². The van der Waals surface area contributed by atoms with Gasteiger partial charge in [-0.25, -0.2) is 0 Å². The van der Waals surface area contributed by atoms with Crippen molar-refractivity contribution in [1.82, 2.24) is 5.32 Å². The maximum atomic E-state index is 8.81. The standard InChI is InChI=1S/C9H19NO/c1-7(6-11)10-8-4-5-9(8,2)3/h7-8,10-11H,4-6H2,1-3H3/t7-,8?/m1/s1. The normalized spacial score (nSPS) is 31.1. The van der Waals surface area contributed by atoms with Crippen molar-refractivity contribution < 1.29 is 5.11 Å². The summed E-state index contributed by atoms with van der Waals surface area (Å²) >= 11 is 0. The number of aliphatic hydroxyl groups is 1. The van der Waals surface area contributed by atoms with Crippen molar-refractivity contribution in [3.63, 3.8) is 0 Å². The molecule has 1 rings (SSSR count). The van der Waals surface area contributed by atoms with Crippen molar-refractivity contribution in [3.8, 4) is 0 Å². The topological polar surface area (TPSA) is 32.3 Å². The third kappa shape index (κ3) is 1.94. The molecule has 0 aromatic carbocycles. The molecule has 0 spiro atoms. The van der Waals surface area contributed by atoms with Crippen molar-refractivity contribution in [2.75, 3.05) is 6.61 Å². The van der Waals surface area contributed by atoms with Gasteiger partial charge in [0.05, 0.1) is 6.61 Å². The smallest absolute Gasteiger partial charge is 0.0582 e. The first-order valence-electron chi connectivity index (χ1n) is 4.43. The van der Waals surface area contributed by atoms with Crippen LogP contribution in [-0.4, -0.2) is 23.8 Å². The Hall–Kier alpha value is -0.0800. The van der Waals surface area contributed by atoms with Gasteiger partial charge < -0.3 is 10.4 Å². The predicted molar refractivity (Wildman–Crippen MR) is 46.5 cm³/mol. The summed E-state index contributed by atoms with van der Waals surface area (Å²) in [7, 11) is 0. The van der Waals surface area contributed by atoms with Gasteiger partial charge in [-0.2, -0.15) is 0 Å². The molecule has 1 aliphatic carbocycles. The van der Waals surface area contributed by atoms with Gasteiger partial charge in [-0.3, -0.25) is 0 Å². The summed E-state index contributed by atoms with van der Waals surface area (Å²) in [5.41, 5.74) is 0.448. The van der Waals surface area contributed by atoms with Gasteiger partial charge in [0.1, 0.15) is 0 Å². The second kappa shape index (κ2) is 3.11. The molecular formula is C9H19NO. The first kappa shape index (κ1) is 9.01. The van der Waals surface area contributed by atoms with Crippen LogP contribution in [0.5, 0.6) is 0 Å². The fourth-order valence-corrected chi connectivity index (χ4v) is 1.57. The molecular weight excluding hydrogens is 138 g/mol. The highest BCUT2D eigenvalue weighted by Gasteiger charge is 2.38. The Morgan fingerprint density at radius 2 is 2.27 bits per heavy atom. The third-order valence-corrected chi connectivity index (χ3v) is 2.78. The van der Waals surface area contributed by atoms with E-state index < -0.39 is 0 Å². The molecule has 1 aliphatic rings. The minimum atomic E-state index is 0.243. The molecule has 2 heteroatoms. The van der Waals surface area contributed by atoms with E-state index in [1.54, 1.807) is 0 Å². The molecule has 0 radical (unpaired) electrons. The first-order chi connectivity index (χ1) is 5.06. The predicted octanol–water partition coefficient (Wildman–Crippen LogP) is 1.15. The molecule has 1 unspecified atom stereocenters. The molecule has 0 aromatic rings. The molecule has 1 saturated carbocycles. The van der Waals surface area contributed by atoms with Gasteiger partial charge in [-0.15, -0.1) is 0 Å². The summed E-state index contributed by atoms with van der Waals surface area (Å²) in [6.45, 7) is 6.82. The van der Waals surface area contributed by atoms with Crippen molar-refractivity contribution in [1.29, 1.82) is 0 Å². The lowest BCUT2D eigenvalue weighted by Gasteiger charge is -2.46. The Morgan fingerprint density at radius 1 is 1.64 bits per heavy atom. The minimum Gasteiger partial charge on any atom is -0.395 e. The van der Waals surface area contributed by atoms with E-state index in [4.69, 9.17) is 5.11 Å². The second-order valence-electron chi connectivity index (χ2n) is 4.33. The van der Waals surface area contributed by atoms with Gasteiger partial charge in [0.2, 0.25) is 0 Å². The Labute approximate surface area is 69.0 Å². The Balaban J connectivity index is 2.28. The summed E-state index contributed by atoms with van der Waals surface area (Å²) in [5.74, 6) is 0. The molecule has 2 N–H and O–H groups in total. The lowest BCUT2D eigenvalue weighted by molar-refractivity contribution is 0.0889. The van der Waals surface area contributed by atoms with E-state index >= 15 is 0 Å². The van der Waals surface area contributed by atoms with E-state index in [2.05, 4.69) is 19.2 Å². The maximum Gasteiger partial charge on any atom is 0.0582 e. The average Bonchev–Trinajstić information content (AvgIpc) is 1.98. The molecule has 2 nitrogen and oxygen atoms in total. The highest BCUT2D eigenvalue weighted by molar-refractivity contribution is 4.94. The van der Waals surface area contributed by atoms with Crippen molar-refractivity contribution in [3.05, 3.63) is 0 Å². The Bertz CT molecular complexity index is 134. The Morgan fingerprint density at radius 3 is 2.55 bits per heavy atom. The van der Waals surface area contributed by atoms with Gasteiger partial charge in [0.15, 0.2) is 0 Å². The number of rotatable bonds is 3. The average molecular weight is 157 g/mol. The summed E-state index contributed by atoms with van der Waals surface area (Å²) in [5, 5.41) is 12.2. The zero-order valence-corrected chi connectivity index (χ0v) is 7.72. The van der Waals surface area contributed by atoms with Gasteiger partial charge in [0, 0.05) is 12.1 Å². The zero-order chi connectivity index (χ0) is 8.48. The highest BCUT2D eigenvalue weighted by Crippen LogP contribution is 2.39. The van der Waals surface area contributed by atoms with E-state index in [9.17, 15) is 0 Å². The van der Waals surface area contributed by atoms with E-state index in [0.29, 0.717) is 11.5 Å².